The van der Waals surface area contributed by atoms with Gasteiger partial charge in [0, 0.05) is 17.1 Å². The third-order valence-corrected chi connectivity index (χ3v) is 3.92. The molecule has 3 amide bonds. The highest BCUT2D eigenvalue weighted by Gasteiger charge is 2.15. The molecule has 0 aliphatic rings. The molecule has 1 heterocycles. The first-order valence-electron chi connectivity index (χ1n) is 6.79. The zero-order valence-electron chi connectivity index (χ0n) is 12.5. The van der Waals surface area contributed by atoms with Gasteiger partial charge in [0.05, 0.1) is 5.75 Å². The summed E-state index contributed by atoms with van der Waals surface area (Å²) in [6.07, 6.45) is 1.51. The first-order chi connectivity index (χ1) is 11.5. The van der Waals surface area contributed by atoms with E-state index in [0.29, 0.717) is 21.6 Å². The Hall–Kier alpha value is -2.52. The van der Waals surface area contributed by atoms with Crippen molar-refractivity contribution in [3.05, 3.63) is 41.9 Å². The third kappa shape index (κ3) is 4.74. The normalized spacial score (nSPS) is 10.2. The summed E-state index contributed by atoms with van der Waals surface area (Å²) in [5.41, 5.74) is 0.706. The molecule has 24 heavy (non-hydrogen) atoms. The van der Waals surface area contributed by atoms with E-state index in [1.807, 2.05) is 0 Å². The van der Waals surface area contributed by atoms with Crippen LogP contribution in [0.5, 0.6) is 0 Å². The Kier molecular flexibility index (Phi) is 6.21. The number of rotatable bonds is 6. The Labute approximate surface area is 147 Å². The second-order valence-electron chi connectivity index (χ2n) is 4.52. The molecule has 4 N–H and O–H groups in total. The van der Waals surface area contributed by atoms with E-state index in [1.165, 1.54) is 10.8 Å². The predicted octanol–water partition coefficient (Wildman–Crippen LogP) is 1.42. The van der Waals surface area contributed by atoms with Crippen molar-refractivity contribution in [3.8, 4) is 11.4 Å². The van der Waals surface area contributed by atoms with Crippen LogP contribution in [0.15, 0.2) is 42.1 Å². The number of benzene rings is 1. The Balaban J connectivity index is 1.96. The van der Waals surface area contributed by atoms with Crippen molar-refractivity contribution in [2.24, 2.45) is 0 Å². The van der Waals surface area contributed by atoms with Gasteiger partial charge in [-0.2, -0.15) is 0 Å². The lowest BCUT2D eigenvalue weighted by Gasteiger charge is -2.05. The molecular formula is C14H15ClN6O2S. The number of carbonyl (C=O) groups is 2. The number of hydrogen-bond acceptors (Lipinski definition) is 6. The number of nitrogens with one attached hydrogen (secondary N) is 2. The molecule has 1 aromatic heterocycles. The van der Waals surface area contributed by atoms with Gasteiger partial charge in [-0.3, -0.25) is 10.1 Å². The zero-order chi connectivity index (χ0) is 17.5. The zero-order valence-corrected chi connectivity index (χ0v) is 14.1. The molecule has 1 aromatic carbocycles. The van der Waals surface area contributed by atoms with Crippen LogP contribution in [0.1, 0.15) is 0 Å². The third-order valence-electron chi connectivity index (χ3n) is 2.74. The van der Waals surface area contributed by atoms with Gasteiger partial charge in [-0.1, -0.05) is 41.6 Å². The van der Waals surface area contributed by atoms with Gasteiger partial charge in [-0.15, -0.1) is 16.8 Å². The van der Waals surface area contributed by atoms with Crippen LogP contribution in [0.3, 0.4) is 0 Å². The van der Waals surface area contributed by atoms with Crippen molar-refractivity contribution in [2.75, 3.05) is 18.1 Å². The SMILES string of the molecule is C=CCNC(=O)NC(=O)CSc1nnc(-c2cccc(Cl)c2)n1N. The maximum absolute atomic E-state index is 11.7. The lowest BCUT2D eigenvalue weighted by atomic mass is 10.2. The molecule has 0 saturated heterocycles. The number of halogens is 1. The molecule has 0 saturated carbocycles. The summed E-state index contributed by atoms with van der Waals surface area (Å²) < 4.78 is 1.27. The van der Waals surface area contributed by atoms with Crippen molar-refractivity contribution in [3.63, 3.8) is 0 Å². The number of urea groups is 1. The number of aromatic nitrogens is 3. The molecule has 2 rings (SSSR count). The van der Waals surface area contributed by atoms with Crippen LogP contribution in [0.25, 0.3) is 11.4 Å². The van der Waals surface area contributed by atoms with Crippen LogP contribution in [-0.2, 0) is 4.79 Å². The van der Waals surface area contributed by atoms with Crippen molar-refractivity contribution in [1.29, 1.82) is 0 Å². The highest BCUT2D eigenvalue weighted by Crippen LogP contribution is 2.23. The molecule has 10 heteroatoms. The van der Waals surface area contributed by atoms with E-state index in [2.05, 4.69) is 27.4 Å². The van der Waals surface area contributed by atoms with Crippen molar-refractivity contribution in [1.82, 2.24) is 25.5 Å². The Bertz CT molecular complexity index is 763. The van der Waals surface area contributed by atoms with Crippen molar-refractivity contribution < 1.29 is 9.59 Å². The lowest BCUT2D eigenvalue weighted by molar-refractivity contribution is -0.117. The highest BCUT2D eigenvalue weighted by molar-refractivity contribution is 7.99. The first-order valence-corrected chi connectivity index (χ1v) is 8.15. The number of imide groups is 1. The molecule has 0 bridgehead atoms. The summed E-state index contributed by atoms with van der Waals surface area (Å²) in [6, 6.07) is 6.42. The molecule has 0 radical (unpaired) electrons. The number of nitrogens with two attached hydrogens (primary N) is 1. The van der Waals surface area contributed by atoms with Crippen LogP contribution in [0.2, 0.25) is 5.02 Å². The molecule has 0 unspecified atom stereocenters. The molecule has 0 fully saturated rings. The molecule has 0 aliphatic heterocycles. The number of amides is 3. The topological polar surface area (TPSA) is 115 Å². The van der Waals surface area contributed by atoms with E-state index >= 15 is 0 Å². The average Bonchev–Trinajstić information content (AvgIpc) is 2.92. The largest absolute Gasteiger partial charge is 0.335 e. The lowest BCUT2D eigenvalue weighted by Crippen LogP contribution is -2.40. The minimum absolute atomic E-state index is 0.0353. The summed E-state index contributed by atoms with van der Waals surface area (Å²) in [5, 5.41) is 13.4. The van der Waals surface area contributed by atoms with Crippen LogP contribution < -0.4 is 16.5 Å². The maximum atomic E-state index is 11.7. The average molecular weight is 367 g/mol. The molecule has 0 spiro atoms. The molecule has 0 aliphatic carbocycles. The van der Waals surface area contributed by atoms with Gasteiger partial charge in [0.15, 0.2) is 5.82 Å². The number of thioether (sulfide) groups is 1. The van der Waals surface area contributed by atoms with E-state index in [0.717, 1.165) is 11.8 Å². The maximum Gasteiger partial charge on any atom is 0.321 e. The van der Waals surface area contributed by atoms with Gasteiger partial charge in [0.25, 0.3) is 0 Å². The Morgan fingerprint density at radius 1 is 1.42 bits per heavy atom. The molecule has 126 valence electrons. The van der Waals surface area contributed by atoms with Crippen molar-refractivity contribution >= 4 is 35.3 Å². The second kappa shape index (κ2) is 8.37. The van der Waals surface area contributed by atoms with E-state index < -0.39 is 11.9 Å². The van der Waals surface area contributed by atoms with Crippen molar-refractivity contribution in [2.45, 2.75) is 5.16 Å². The number of hydrogen-bond donors (Lipinski definition) is 3. The fourth-order valence-electron chi connectivity index (χ4n) is 1.70. The van der Waals surface area contributed by atoms with Gasteiger partial charge < -0.3 is 11.2 Å². The van der Waals surface area contributed by atoms with E-state index in [9.17, 15) is 9.59 Å². The van der Waals surface area contributed by atoms with Gasteiger partial charge >= 0.3 is 6.03 Å². The Morgan fingerprint density at radius 2 is 2.21 bits per heavy atom. The first kappa shape index (κ1) is 17.8. The van der Waals surface area contributed by atoms with Crippen LogP contribution in [-0.4, -0.2) is 39.1 Å². The molecule has 0 atom stereocenters. The number of nitrogens with zero attached hydrogens (tertiary/aromatic N) is 3. The monoisotopic (exact) mass is 366 g/mol. The minimum Gasteiger partial charge on any atom is -0.335 e. The van der Waals surface area contributed by atoms with Crippen LogP contribution in [0.4, 0.5) is 4.79 Å². The van der Waals surface area contributed by atoms with Gasteiger partial charge in [0.2, 0.25) is 11.1 Å². The predicted molar refractivity (Wildman–Crippen MR) is 93.1 cm³/mol. The van der Waals surface area contributed by atoms with Crippen LogP contribution >= 0.6 is 23.4 Å². The fourth-order valence-corrected chi connectivity index (χ4v) is 2.55. The van der Waals surface area contributed by atoms with E-state index in [1.54, 1.807) is 24.3 Å². The summed E-state index contributed by atoms with van der Waals surface area (Å²) in [6.45, 7) is 3.73. The molecular weight excluding hydrogens is 352 g/mol. The highest BCUT2D eigenvalue weighted by atomic mass is 35.5. The molecule has 8 nitrogen and oxygen atoms in total. The van der Waals surface area contributed by atoms with Crippen LogP contribution in [0, 0.1) is 0 Å². The number of nitrogen functional groups attached to an aromatic ring is 1. The van der Waals surface area contributed by atoms with Gasteiger partial charge in [-0.25, -0.2) is 9.47 Å². The summed E-state index contributed by atoms with van der Waals surface area (Å²) in [7, 11) is 0. The summed E-state index contributed by atoms with van der Waals surface area (Å²) in [5.74, 6) is 5.85. The smallest absolute Gasteiger partial charge is 0.321 e. The quantitative estimate of drug-likeness (QED) is 0.404. The van der Waals surface area contributed by atoms with Gasteiger partial charge in [0.1, 0.15) is 0 Å². The van der Waals surface area contributed by atoms with E-state index in [4.69, 9.17) is 17.4 Å². The molecule has 2 aromatic rings. The summed E-state index contributed by atoms with van der Waals surface area (Å²) in [4.78, 5) is 23.0. The van der Waals surface area contributed by atoms with Gasteiger partial charge in [-0.05, 0) is 12.1 Å². The standard InChI is InChI=1S/C14H15ClN6O2S/c1-2-6-17-13(23)18-11(22)8-24-14-20-19-12(21(14)16)9-4-3-5-10(15)7-9/h2-5,7H,1,6,8,16H2,(H2,17,18,22,23). The summed E-state index contributed by atoms with van der Waals surface area (Å²) >= 11 is 7.00. The second-order valence-corrected chi connectivity index (χ2v) is 5.90. The Morgan fingerprint density at radius 3 is 2.92 bits per heavy atom. The van der Waals surface area contributed by atoms with E-state index in [-0.39, 0.29) is 12.3 Å². The minimum atomic E-state index is -0.589. The fraction of sp³-hybridized carbons (Fsp3) is 0.143. The number of carbonyl (C=O) groups excluding carboxylic acids is 2.